The van der Waals surface area contributed by atoms with Gasteiger partial charge in [0.25, 0.3) is 0 Å². The highest BCUT2D eigenvalue weighted by molar-refractivity contribution is 7.11. The van der Waals surface area contributed by atoms with E-state index < -0.39 is 0 Å². The van der Waals surface area contributed by atoms with Gasteiger partial charge in [-0.15, -0.1) is 17.1 Å². The summed E-state index contributed by atoms with van der Waals surface area (Å²) in [4.78, 5) is 5.34. The number of hydrogen-bond acceptors (Lipinski definition) is 2. The Labute approximate surface area is 87.1 Å². The van der Waals surface area contributed by atoms with Crippen molar-refractivity contribution in [2.24, 2.45) is 4.99 Å². The average Bonchev–Trinajstić information content (AvgIpc) is 2.86. The van der Waals surface area contributed by atoms with Gasteiger partial charge in [-0.1, -0.05) is 12.1 Å². The lowest BCUT2D eigenvalue weighted by molar-refractivity contribution is 1.56. The van der Waals surface area contributed by atoms with Crippen molar-refractivity contribution in [3.63, 3.8) is 0 Å². The minimum absolute atomic E-state index is 1.06. The van der Waals surface area contributed by atoms with Gasteiger partial charge in [0.05, 0.1) is 0 Å². The molecule has 0 N–H and O–H groups in total. The van der Waals surface area contributed by atoms with Gasteiger partial charge in [-0.05, 0) is 29.7 Å². The van der Waals surface area contributed by atoms with Crippen molar-refractivity contribution in [1.82, 2.24) is 0 Å². The maximum Gasteiger partial charge on any atom is 0.0453 e. The van der Waals surface area contributed by atoms with Crippen molar-refractivity contribution < 1.29 is 0 Å². The monoisotopic (exact) mass is 199 g/mol. The van der Waals surface area contributed by atoms with Crippen LogP contribution in [0.2, 0.25) is 0 Å². The molecule has 0 amide bonds. The number of allylic oxidation sites excluding steroid dienone is 4. The molecule has 68 valence electrons. The third-order valence-electron chi connectivity index (χ3n) is 1.71. The fourth-order valence-electron chi connectivity index (χ4n) is 1.05. The first kappa shape index (κ1) is 8.95. The molecule has 1 aromatic rings. The van der Waals surface area contributed by atoms with E-state index in [1.54, 1.807) is 17.5 Å². The van der Waals surface area contributed by atoms with Crippen LogP contribution in [0, 0.1) is 0 Å². The van der Waals surface area contributed by atoms with E-state index in [1.807, 2.05) is 48.0 Å². The minimum atomic E-state index is 1.06. The van der Waals surface area contributed by atoms with E-state index in [4.69, 9.17) is 0 Å². The molecule has 1 heterocycles. The van der Waals surface area contributed by atoms with Crippen LogP contribution >= 0.6 is 11.3 Å². The summed E-state index contributed by atoms with van der Waals surface area (Å²) in [6.45, 7) is 0. The molecule has 1 aliphatic carbocycles. The zero-order valence-corrected chi connectivity index (χ0v) is 8.37. The molecule has 0 radical (unpaired) electrons. The standard InChI is InChI=1S/C12H9NS/c1-2-5-11(4-1)7-8-13-10-12-6-3-9-14-12/h1-4,6-10H/b8-7+,13-10?. The Hall–Kier alpha value is -1.63. The second kappa shape index (κ2) is 4.56. The van der Waals surface area contributed by atoms with Gasteiger partial charge in [0.2, 0.25) is 0 Å². The van der Waals surface area contributed by atoms with Gasteiger partial charge in [-0.25, -0.2) is 0 Å². The van der Waals surface area contributed by atoms with Crippen molar-refractivity contribution in [1.29, 1.82) is 0 Å². The molecule has 0 atom stereocenters. The Balaban J connectivity index is 1.94. The summed E-state index contributed by atoms with van der Waals surface area (Å²) in [5, 5.41) is 2.04. The Morgan fingerprint density at radius 1 is 1.43 bits per heavy atom. The molecule has 14 heavy (non-hydrogen) atoms. The van der Waals surface area contributed by atoms with Crippen LogP contribution in [0.5, 0.6) is 0 Å². The van der Waals surface area contributed by atoms with Crippen molar-refractivity contribution in [2.75, 3.05) is 0 Å². The third-order valence-corrected chi connectivity index (χ3v) is 2.51. The Morgan fingerprint density at radius 2 is 2.43 bits per heavy atom. The molecule has 0 saturated carbocycles. The predicted octanol–water partition coefficient (Wildman–Crippen LogP) is 3.33. The van der Waals surface area contributed by atoms with Gasteiger partial charge in [-0.2, -0.15) is 0 Å². The molecule has 0 fully saturated rings. The maximum atomic E-state index is 4.17. The average molecular weight is 199 g/mol. The van der Waals surface area contributed by atoms with Crippen LogP contribution in [-0.4, -0.2) is 6.21 Å². The highest BCUT2D eigenvalue weighted by Crippen LogP contribution is 2.05. The molecule has 0 saturated heterocycles. The Kier molecular flexibility index (Phi) is 2.92. The van der Waals surface area contributed by atoms with Crippen LogP contribution in [0.1, 0.15) is 4.88 Å². The SMILES string of the molecule is C1=CC=CC=1/C=C/N=Cc1cccs1. The number of hydrogen-bond donors (Lipinski definition) is 0. The predicted molar refractivity (Wildman–Crippen MR) is 61.8 cm³/mol. The molecule has 1 aromatic heterocycles. The second-order valence-electron chi connectivity index (χ2n) is 2.73. The van der Waals surface area contributed by atoms with Gasteiger partial charge >= 0.3 is 0 Å². The topological polar surface area (TPSA) is 12.4 Å². The lowest BCUT2D eigenvalue weighted by Crippen LogP contribution is -1.69. The molecule has 0 unspecified atom stereocenters. The summed E-state index contributed by atoms with van der Waals surface area (Å²) in [5.74, 6) is 0. The van der Waals surface area contributed by atoms with Crippen LogP contribution in [0.15, 0.2) is 64.3 Å². The molecule has 1 nitrogen and oxygen atoms in total. The van der Waals surface area contributed by atoms with Gasteiger partial charge in [-0.3, -0.25) is 4.99 Å². The quantitative estimate of drug-likeness (QED) is 0.523. The van der Waals surface area contributed by atoms with E-state index in [9.17, 15) is 0 Å². The summed E-state index contributed by atoms with van der Waals surface area (Å²) >= 11 is 1.68. The lowest BCUT2D eigenvalue weighted by Gasteiger charge is -1.82. The maximum absolute atomic E-state index is 4.17. The molecule has 0 spiro atoms. The van der Waals surface area contributed by atoms with Crippen molar-refractivity contribution in [3.05, 3.63) is 64.2 Å². The minimum Gasteiger partial charge on any atom is -0.263 e. The number of aliphatic imine (C=N–C) groups is 1. The summed E-state index contributed by atoms with van der Waals surface area (Å²) in [6, 6.07) is 4.05. The number of thiophene rings is 1. The molecular weight excluding hydrogens is 190 g/mol. The van der Waals surface area contributed by atoms with Crippen molar-refractivity contribution in [2.45, 2.75) is 0 Å². The van der Waals surface area contributed by atoms with E-state index in [0.717, 1.165) is 5.57 Å². The van der Waals surface area contributed by atoms with E-state index in [-0.39, 0.29) is 0 Å². The van der Waals surface area contributed by atoms with E-state index >= 15 is 0 Å². The highest BCUT2D eigenvalue weighted by Gasteiger charge is 1.86. The van der Waals surface area contributed by atoms with E-state index in [1.165, 1.54) is 4.88 Å². The first-order chi connectivity index (χ1) is 6.95. The van der Waals surface area contributed by atoms with Crippen LogP contribution in [0.25, 0.3) is 0 Å². The number of nitrogens with zero attached hydrogens (tertiary/aromatic N) is 1. The first-order valence-electron chi connectivity index (χ1n) is 4.32. The summed E-state index contributed by atoms with van der Waals surface area (Å²) in [7, 11) is 0. The molecule has 0 aromatic carbocycles. The molecule has 2 heteroatoms. The Bertz CT molecular complexity index is 441. The lowest BCUT2D eigenvalue weighted by atomic mass is 10.3. The smallest absolute Gasteiger partial charge is 0.0453 e. The second-order valence-corrected chi connectivity index (χ2v) is 3.71. The highest BCUT2D eigenvalue weighted by atomic mass is 32.1. The van der Waals surface area contributed by atoms with Crippen LogP contribution in [0.3, 0.4) is 0 Å². The fourth-order valence-corrected chi connectivity index (χ4v) is 1.65. The van der Waals surface area contributed by atoms with Gasteiger partial charge in [0, 0.05) is 22.9 Å². The van der Waals surface area contributed by atoms with E-state index in [0.29, 0.717) is 0 Å². The third kappa shape index (κ3) is 2.43. The summed E-state index contributed by atoms with van der Waals surface area (Å²) < 4.78 is 0. The Morgan fingerprint density at radius 3 is 3.14 bits per heavy atom. The normalized spacial score (nSPS) is 14.7. The largest absolute Gasteiger partial charge is 0.263 e. The van der Waals surface area contributed by atoms with Crippen molar-refractivity contribution >= 4 is 17.6 Å². The number of rotatable bonds is 3. The molecule has 0 bridgehead atoms. The molecule has 1 aliphatic rings. The van der Waals surface area contributed by atoms with E-state index in [2.05, 4.69) is 10.7 Å². The van der Waals surface area contributed by atoms with Gasteiger partial charge in [0.1, 0.15) is 0 Å². The molecule has 0 aliphatic heterocycles. The van der Waals surface area contributed by atoms with Crippen LogP contribution in [0.4, 0.5) is 0 Å². The van der Waals surface area contributed by atoms with Crippen molar-refractivity contribution in [3.8, 4) is 0 Å². The van der Waals surface area contributed by atoms with Crippen LogP contribution < -0.4 is 0 Å². The summed E-state index contributed by atoms with van der Waals surface area (Å²) in [5.41, 5.74) is 4.14. The van der Waals surface area contributed by atoms with Gasteiger partial charge < -0.3 is 0 Å². The fraction of sp³-hybridized carbons (Fsp3) is 0. The molecule has 2 rings (SSSR count). The van der Waals surface area contributed by atoms with Crippen LogP contribution in [-0.2, 0) is 0 Å². The zero-order chi connectivity index (χ0) is 9.64. The van der Waals surface area contributed by atoms with Gasteiger partial charge in [0.15, 0.2) is 0 Å². The molecular formula is C12H9NS. The zero-order valence-electron chi connectivity index (χ0n) is 7.55. The first-order valence-corrected chi connectivity index (χ1v) is 5.20. The summed E-state index contributed by atoms with van der Waals surface area (Å²) in [6.07, 6.45) is 11.4.